The number of hydrogen-bond donors (Lipinski definition) is 1. The average molecular weight is 194 g/mol. The van der Waals surface area contributed by atoms with Crippen molar-refractivity contribution >= 4 is 11.5 Å². The van der Waals surface area contributed by atoms with Crippen molar-refractivity contribution in [2.24, 2.45) is 0 Å². The van der Waals surface area contributed by atoms with E-state index >= 15 is 0 Å². The van der Waals surface area contributed by atoms with Crippen LogP contribution in [0.25, 0.3) is 5.65 Å². The summed E-state index contributed by atoms with van der Waals surface area (Å²) in [5.74, 6) is 0.509. The number of fused-ring (bicyclic) bond motifs is 1. The molecule has 0 bridgehead atoms. The van der Waals surface area contributed by atoms with Crippen molar-refractivity contribution in [3.8, 4) is 0 Å². The van der Waals surface area contributed by atoms with Crippen LogP contribution in [0.2, 0.25) is 0 Å². The summed E-state index contributed by atoms with van der Waals surface area (Å²) >= 11 is 0. The fourth-order valence-corrected chi connectivity index (χ4v) is 1.52. The molecule has 0 saturated carbocycles. The van der Waals surface area contributed by atoms with E-state index < -0.39 is 0 Å². The molecule has 2 aromatic rings. The molecule has 0 radical (unpaired) electrons. The largest absolute Gasteiger partial charge is 0.380 e. The van der Waals surface area contributed by atoms with Crippen LogP contribution < -0.4 is 10.7 Å². The molecule has 0 atom stereocenters. The van der Waals surface area contributed by atoms with Gasteiger partial charge in [-0.1, -0.05) is 0 Å². The molecule has 6 nitrogen and oxygen atoms in total. The van der Waals surface area contributed by atoms with E-state index in [2.05, 4.69) is 28.9 Å². The van der Waals surface area contributed by atoms with Gasteiger partial charge in [0.05, 0.1) is 0 Å². The molecule has 0 amide bonds. The Labute approximate surface area is 81.9 Å². The van der Waals surface area contributed by atoms with Crippen molar-refractivity contribution in [2.75, 3.05) is 23.8 Å². The fourth-order valence-electron chi connectivity index (χ4n) is 1.52. The van der Waals surface area contributed by atoms with Crippen LogP contribution in [-0.2, 0) is 0 Å². The van der Waals surface area contributed by atoms with Gasteiger partial charge in [0.1, 0.15) is 12.7 Å². The Bertz CT molecular complexity index is 424. The monoisotopic (exact) mass is 194 g/mol. The van der Waals surface area contributed by atoms with Crippen molar-refractivity contribution in [3.05, 3.63) is 12.7 Å². The summed E-state index contributed by atoms with van der Waals surface area (Å²) in [6.45, 7) is 5.93. The second-order valence-electron chi connectivity index (χ2n) is 3.02. The second-order valence-corrected chi connectivity index (χ2v) is 3.02. The third-order valence-electron chi connectivity index (χ3n) is 2.27. The number of nitrogens with two attached hydrogens (primary N) is 1. The van der Waals surface area contributed by atoms with E-state index in [-0.39, 0.29) is 0 Å². The summed E-state index contributed by atoms with van der Waals surface area (Å²) in [5, 5.41) is 6.32. The Morgan fingerprint density at radius 3 is 2.71 bits per heavy atom. The highest BCUT2D eigenvalue weighted by Gasteiger charge is 2.11. The van der Waals surface area contributed by atoms with Gasteiger partial charge in [-0.2, -0.15) is 4.79 Å². The standard InChI is InChI=1S/C8H14N6/c1-3-13(4-2)14-8-7(9)10-5-12(8)6-11-14/h5-6H,3-4,9H2,1-2H3. The zero-order chi connectivity index (χ0) is 10.1. The minimum atomic E-state index is 0.509. The molecule has 0 spiro atoms. The maximum Gasteiger partial charge on any atom is 0.201 e. The molecule has 2 rings (SSSR count). The lowest BCUT2D eigenvalue weighted by Gasteiger charge is -2.20. The second kappa shape index (κ2) is 3.21. The highest BCUT2D eigenvalue weighted by molar-refractivity contribution is 5.60. The summed E-state index contributed by atoms with van der Waals surface area (Å²) in [6.07, 6.45) is 3.37. The molecule has 76 valence electrons. The quantitative estimate of drug-likeness (QED) is 0.752. The van der Waals surface area contributed by atoms with Gasteiger partial charge >= 0.3 is 0 Å². The lowest BCUT2D eigenvalue weighted by molar-refractivity contribution is 0.574. The van der Waals surface area contributed by atoms with Crippen LogP contribution in [-0.4, -0.2) is 32.4 Å². The number of nitrogens with zero attached hydrogens (tertiary/aromatic N) is 5. The van der Waals surface area contributed by atoms with Crippen LogP contribution in [0.3, 0.4) is 0 Å². The van der Waals surface area contributed by atoms with E-state index in [0.717, 1.165) is 18.7 Å². The summed E-state index contributed by atoms with van der Waals surface area (Å²) in [6, 6.07) is 0. The van der Waals surface area contributed by atoms with Gasteiger partial charge in [0.15, 0.2) is 5.82 Å². The Morgan fingerprint density at radius 1 is 1.36 bits per heavy atom. The van der Waals surface area contributed by atoms with Crippen molar-refractivity contribution in [1.82, 2.24) is 19.3 Å². The normalized spacial score (nSPS) is 11.0. The minimum Gasteiger partial charge on any atom is -0.380 e. The first-order valence-corrected chi connectivity index (χ1v) is 4.69. The van der Waals surface area contributed by atoms with Crippen LogP contribution in [0, 0.1) is 0 Å². The van der Waals surface area contributed by atoms with Crippen LogP contribution >= 0.6 is 0 Å². The highest BCUT2D eigenvalue weighted by Crippen LogP contribution is 2.10. The van der Waals surface area contributed by atoms with Crippen molar-refractivity contribution in [3.63, 3.8) is 0 Å². The molecule has 2 heterocycles. The third-order valence-corrected chi connectivity index (χ3v) is 2.27. The highest BCUT2D eigenvalue weighted by atomic mass is 15.7. The van der Waals surface area contributed by atoms with E-state index in [1.54, 1.807) is 17.4 Å². The van der Waals surface area contributed by atoms with Gasteiger partial charge in [-0.25, -0.2) is 4.98 Å². The molecule has 2 N–H and O–H groups in total. The first-order valence-electron chi connectivity index (χ1n) is 4.69. The van der Waals surface area contributed by atoms with Crippen LogP contribution in [0.1, 0.15) is 13.8 Å². The Kier molecular flexibility index (Phi) is 2.03. The molecule has 0 saturated heterocycles. The average Bonchev–Trinajstić information content (AvgIpc) is 2.74. The number of nitrogen functional groups attached to an aromatic ring is 1. The summed E-state index contributed by atoms with van der Waals surface area (Å²) in [7, 11) is 0. The number of anilines is 1. The van der Waals surface area contributed by atoms with Crippen molar-refractivity contribution in [1.29, 1.82) is 0 Å². The molecule has 6 heteroatoms. The maximum atomic E-state index is 5.75. The molecule has 0 aromatic carbocycles. The van der Waals surface area contributed by atoms with E-state index in [1.165, 1.54) is 0 Å². The number of rotatable bonds is 3. The molecule has 2 aromatic heterocycles. The Balaban J connectivity index is 2.55. The maximum absolute atomic E-state index is 5.75. The molecular formula is C8H14N6. The van der Waals surface area contributed by atoms with Crippen molar-refractivity contribution < 1.29 is 0 Å². The van der Waals surface area contributed by atoms with E-state index in [0.29, 0.717) is 5.82 Å². The molecule has 0 unspecified atom stereocenters. The summed E-state index contributed by atoms with van der Waals surface area (Å²) < 4.78 is 1.81. The zero-order valence-electron chi connectivity index (χ0n) is 8.38. The molecule has 0 fully saturated rings. The van der Waals surface area contributed by atoms with Gasteiger partial charge < -0.3 is 5.73 Å². The number of hydrogen-bond acceptors (Lipinski definition) is 4. The van der Waals surface area contributed by atoms with E-state index in [9.17, 15) is 0 Å². The number of imidazole rings is 1. The van der Waals surface area contributed by atoms with Crippen molar-refractivity contribution in [2.45, 2.75) is 13.8 Å². The van der Waals surface area contributed by atoms with Gasteiger partial charge in [-0.3, -0.25) is 9.41 Å². The molecular weight excluding hydrogens is 180 g/mol. The Morgan fingerprint density at radius 2 is 2.07 bits per heavy atom. The molecule has 0 aliphatic rings. The number of aromatic nitrogens is 4. The van der Waals surface area contributed by atoms with Gasteiger partial charge in [0.2, 0.25) is 5.65 Å². The first-order chi connectivity index (χ1) is 6.77. The third kappa shape index (κ3) is 1.11. The smallest absolute Gasteiger partial charge is 0.201 e. The SMILES string of the molecule is CCN(CC)n1ncn2cnc(N)c12. The lowest BCUT2D eigenvalue weighted by atomic mass is 10.6. The predicted octanol–water partition coefficient (Wildman–Crippen LogP) is 0.0908. The van der Waals surface area contributed by atoms with E-state index in [4.69, 9.17) is 5.73 Å². The lowest BCUT2D eigenvalue weighted by Crippen LogP contribution is -2.35. The summed E-state index contributed by atoms with van der Waals surface area (Å²) in [5.41, 5.74) is 6.58. The first kappa shape index (κ1) is 8.86. The minimum absolute atomic E-state index is 0.509. The zero-order valence-corrected chi connectivity index (χ0v) is 8.38. The van der Waals surface area contributed by atoms with Crippen LogP contribution in [0.4, 0.5) is 5.82 Å². The van der Waals surface area contributed by atoms with Gasteiger partial charge in [0.25, 0.3) is 0 Å². The topological polar surface area (TPSA) is 64.4 Å². The van der Waals surface area contributed by atoms with Gasteiger partial charge in [-0.05, 0) is 13.8 Å². The van der Waals surface area contributed by atoms with Gasteiger partial charge in [-0.15, -0.1) is 5.10 Å². The molecule has 0 aliphatic carbocycles. The van der Waals surface area contributed by atoms with E-state index in [1.807, 2.05) is 4.40 Å². The predicted molar refractivity (Wildman–Crippen MR) is 54.7 cm³/mol. The van der Waals surface area contributed by atoms with Crippen LogP contribution in [0.5, 0.6) is 0 Å². The van der Waals surface area contributed by atoms with Gasteiger partial charge in [0, 0.05) is 13.1 Å². The molecule has 14 heavy (non-hydrogen) atoms. The van der Waals surface area contributed by atoms with Crippen LogP contribution in [0.15, 0.2) is 12.7 Å². The molecule has 0 aliphatic heterocycles. The Hall–Kier alpha value is -1.72. The summed E-state index contributed by atoms with van der Waals surface area (Å²) in [4.78, 5) is 5.81. The fraction of sp³-hybridized carbons (Fsp3) is 0.500.